The summed E-state index contributed by atoms with van der Waals surface area (Å²) in [6, 6.07) is 11.7. The Morgan fingerprint density at radius 3 is 2.53 bits per heavy atom. The number of thioether (sulfide) groups is 1. The molecule has 2 aromatic carbocycles. The van der Waals surface area contributed by atoms with Crippen molar-refractivity contribution in [2.45, 2.75) is 39.0 Å². The highest BCUT2D eigenvalue weighted by molar-refractivity contribution is 7.99. The van der Waals surface area contributed by atoms with E-state index in [1.54, 1.807) is 30.5 Å². The van der Waals surface area contributed by atoms with E-state index in [-0.39, 0.29) is 24.1 Å². The maximum atomic E-state index is 13.2. The molecular weight excluding hydrogens is 479 g/mol. The fraction of sp³-hybridized carbons (Fsp3) is 0.259. The molecule has 3 rings (SSSR count). The van der Waals surface area contributed by atoms with Gasteiger partial charge in [0.15, 0.2) is 16.7 Å². The summed E-state index contributed by atoms with van der Waals surface area (Å²) in [5, 5.41) is 4.64. The van der Waals surface area contributed by atoms with Crippen molar-refractivity contribution >= 4 is 23.9 Å². The topological polar surface area (TPSA) is 85.7 Å². The number of benzene rings is 2. The van der Waals surface area contributed by atoms with Crippen molar-refractivity contribution in [2.75, 3.05) is 12.4 Å². The van der Waals surface area contributed by atoms with E-state index >= 15 is 0 Å². The monoisotopic (exact) mass is 508 g/mol. The van der Waals surface area contributed by atoms with Crippen molar-refractivity contribution in [1.82, 2.24) is 15.4 Å². The van der Waals surface area contributed by atoms with Crippen LogP contribution in [-0.2, 0) is 17.8 Å². The van der Waals surface area contributed by atoms with E-state index in [1.807, 2.05) is 32.9 Å². The summed E-state index contributed by atoms with van der Waals surface area (Å²) in [6.07, 6.45) is 3.86. The number of ether oxygens (including phenoxy) is 2. The second-order valence-electron chi connectivity index (χ2n) is 7.86. The number of halogens is 1. The highest BCUT2D eigenvalue weighted by Gasteiger charge is 2.14. The molecule has 0 aliphatic heterocycles. The molecule has 1 amide bonds. The third-order valence-electron chi connectivity index (χ3n) is 4.81. The first kappa shape index (κ1) is 26.9. The molecule has 1 aromatic heterocycles. The fourth-order valence-corrected chi connectivity index (χ4v) is 4.07. The second kappa shape index (κ2) is 13.4. The zero-order valence-corrected chi connectivity index (χ0v) is 21.4. The van der Waals surface area contributed by atoms with Crippen molar-refractivity contribution in [3.05, 3.63) is 89.0 Å². The zero-order valence-electron chi connectivity index (χ0n) is 20.6. The first-order valence-electron chi connectivity index (χ1n) is 11.4. The van der Waals surface area contributed by atoms with Gasteiger partial charge < -0.3 is 9.47 Å². The third kappa shape index (κ3) is 8.20. The van der Waals surface area contributed by atoms with E-state index < -0.39 is 0 Å². The van der Waals surface area contributed by atoms with Crippen LogP contribution in [0, 0.1) is 19.7 Å². The lowest BCUT2D eigenvalue weighted by Gasteiger charge is -2.17. The van der Waals surface area contributed by atoms with Crippen molar-refractivity contribution in [3.8, 4) is 11.5 Å². The number of allylic oxidation sites excluding steroid dienone is 1. The molecule has 0 bridgehead atoms. The van der Waals surface area contributed by atoms with Crippen LogP contribution in [0.15, 0.2) is 65.4 Å². The molecule has 188 valence electrons. The first-order valence-corrected chi connectivity index (χ1v) is 12.4. The molecule has 0 saturated carbocycles. The van der Waals surface area contributed by atoms with Gasteiger partial charge in [-0.3, -0.25) is 4.79 Å². The number of hydrogen-bond donors (Lipinski definition) is 1. The van der Waals surface area contributed by atoms with Gasteiger partial charge in [0.25, 0.3) is 5.91 Å². The maximum Gasteiger partial charge on any atom is 0.250 e. The number of nitrogens with zero attached hydrogens (tertiary/aromatic N) is 3. The molecule has 1 heterocycles. The summed E-state index contributed by atoms with van der Waals surface area (Å²) in [4.78, 5) is 20.9. The lowest BCUT2D eigenvalue weighted by molar-refractivity contribution is -0.118. The normalized spacial score (nSPS) is 10.9. The average Bonchev–Trinajstić information content (AvgIpc) is 2.83. The van der Waals surface area contributed by atoms with Gasteiger partial charge in [-0.05, 0) is 68.7 Å². The van der Waals surface area contributed by atoms with Crippen LogP contribution in [-0.4, -0.2) is 34.4 Å². The summed E-state index contributed by atoms with van der Waals surface area (Å²) >= 11 is 1.25. The minimum Gasteiger partial charge on any atom is -0.490 e. The van der Waals surface area contributed by atoms with Crippen LogP contribution < -0.4 is 14.9 Å². The van der Waals surface area contributed by atoms with Gasteiger partial charge >= 0.3 is 0 Å². The van der Waals surface area contributed by atoms with E-state index in [4.69, 9.17) is 9.47 Å². The van der Waals surface area contributed by atoms with E-state index in [1.165, 1.54) is 23.9 Å². The van der Waals surface area contributed by atoms with Gasteiger partial charge in [-0.2, -0.15) is 5.10 Å². The average molecular weight is 509 g/mol. The number of rotatable bonds is 12. The van der Waals surface area contributed by atoms with E-state index in [2.05, 4.69) is 27.1 Å². The van der Waals surface area contributed by atoms with E-state index in [0.717, 1.165) is 28.1 Å². The Morgan fingerprint density at radius 1 is 1.14 bits per heavy atom. The molecule has 9 heteroatoms. The number of aryl methyl sites for hydroxylation is 2. The highest BCUT2D eigenvalue weighted by atomic mass is 32.2. The Hall–Kier alpha value is -3.72. The number of nitrogens with one attached hydrogen (secondary N) is 1. The van der Waals surface area contributed by atoms with Crippen LogP contribution in [0.1, 0.15) is 35.0 Å². The largest absolute Gasteiger partial charge is 0.490 e. The van der Waals surface area contributed by atoms with E-state index in [9.17, 15) is 9.18 Å². The highest BCUT2D eigenvalue weighted by Crippen LogP contribution is 2.34. The van der Waals surface area contributed by atoms with Gasteiger partial charge in [0.05, 0.1) is 18.6 Å². The molecule has 1 N–H and O–H groups in total. The molecular formula is C27H29FN4O3S. The van der Waals surface area contributed by atoms with Crippen LogP contribution in [0.3, 0.4) is 0 Å². The van der Waals surface area contributed by atoms with Gasteiger partial charge in [0.2, 0.25) is 0 Å². The maximum absolute atomic E-state index is 13.2. The summed E-state index contributed by atoms with van der Waals surface area (Å²) < 4.78 is 25.1. The molecule has 3 aromatic rings. The van der Waals surface area contributed by atoms with Crippen LogP contribution in [0.5, 0.6) is 11.5 Å². The summed E-state index contributed by atoms with van der Waals surface area (Å²) in [6.45, 7) is 10.2. The number of amides is 1. The SMILES string of the molecule is C=CCc1cc(/C=N\NC(=O)CSc2nc(C)cc(C)n2)cc(OCC)c1OCc1ccc(F)cc1. The smallest absolute Gasteiger partial charge is 0.250 e. The Bertz CT molecular complexity index is 1210. The Kier molecular flexibility index (Phi) is 10.00. The Labute approximate surface area is 214 Å². The van der Waals surface area contributed by atoms with Crippen molar-refractivity contribution in [2.24, 2.45) is 5.10 Å². The number of aromatic nitrogens is 2. The van der Waals surface area contributed by atoms with Gasteiger partial charge in [0, 0.05) is 17.0 Å². The standard InChI is InChI=1S/C27H29FN4O3S/c1-5-7-22-13-21(15-29-32-25(33)17-36-27-30-18(3)12-19(4)31-27)14-24(34-6-2)26(22)35-16-20-8-10-23(28)11-9-20/h5,8-15H,1,6-7,16-17H2,2-4H3,(H,32,33)/b29-15-. The summed E-state index contributed by atoms with van der Waals surface area (Å²) in [5.74, 6) is 0.715. The Morgan fingerprint density at radius 2 is 1.86 bits per heavy atom. The third-order valence-corrected chi connectivity index (χ3v) is 5.66. The van der Waals surface area contributed by atoms with E-state index in [0.29, 0.717) is 29.7 Å². The van der Waals surface area contributed by atoms with Crippen LogP contribution in [0.4, 0.5) is 4.39 Å². The number of carbonyl (C=O) groups is 1. The summed E-state index contributed by atoms with van der Waals surface area (Å²) in [7, 11) is 0. The molecule has 0 atom stereocenters. The summed E-state index contributed by atoms with van der Waals surface area (Å²) in [5.41, 5.74) is 6.66. The van der Waals surface area contributed by atoms with Crippen LogP contribution >= 0.6 is 11.8 Å². The lowest BCUT2D eigenvalue weighted by Crippen LogP contribution is -2.19. The molecule has 7 nitrogen and oxygen atoms in total. The molecule has 0 spiro atoms. The van der Waals surface area contributed by atoms with Gasteiger partial charge in [-0.15, -0.1) is 6.58 Å². The lowest BCUT2D eigenvalue weighted by atomic mass is 10.1. The van der Waals surface area contributed by atoms with Gasteiger partial charge in [-0.1, -0.05) is 30.0 Å². The second-order valence-corrected chi connectivity index (χ2v) is 8.81. The van der Waals surface area contributed by atoms with Gasteiger partial charge in [-0.25, -0.2) is 19.8 Å². The number of hydrogen-bond acceptors (Lipinski definition) is 7. The minimum absolute atomic E-state index is 0.141. The van der Waals surface area contributed by atoms with Crippen molar-refractivity contribution in [1.29, 1.82) is 0 Å². The first-order chi connectivity index (χ1) is 17.4. The fourth-order valence-electron chi connectivity index (χ4n) is 3.33. The predicted octanol–water partition coefficient (Wildman–Crippen LogP) is 5.18. The van der Waals surface area contributed by atoms with Crippen molar-refractivity contribution < 1.29 is 18.7 Å². The van der Waals surface area contributed by atoms with Gasteiger partial charge in [0.1, 0.15) is 12.4 Å². The molecule has 0 aliphatic rings. The number of hydrazone groups is 1. The number of carbonyl (C=O) groups excluding carboxylic acids is 1. The zero-order chi connectivity index (χ0) is 25.9. The van der Waals surface area contributed by atoms with Crippen molar-refractivity contribution in [3.63, 3.8) is 0 Å². The predicted molar refractivity (Wildman–Crippen MR) is 140 cm³/mol. The molecule has 0 saturated heterocycles. The molecule has 36 heavy (non-hydrogen) atoms. The molecule has 0 radical (unpaired) electrons. The van der Waals surface area contributed by atoms with Crippen LogP contribution in [0.25, 0.3) is 0 Å². The Balaban J connectivity index is 1.68. The molecule has 0 fully saturated rings. The minimum atomic E-state index is -0.297. The molecule has 0 aliphatic carbocycles. The van der Waals surface area contributed by atoms with Crippen LogP contribution in [0.2, 0.25) is 0 Å². The quantitative estimate of drug-likeness (QED) is 0.119. The molecule has 0 unspecified atom stereocenters.